The summed E-state index contributed by atoms with van der Waals surface area (Å²) in [5.74, 6) is 0.482. The van der Waals surface area contributed by atoms with Crippen LogP contribution in [0.15, 0.2) is 42.5 Å². The molecule has 0 saturated carbocycles. The van der Waals surface area contributed by atoms with E-state index in [-0.39, 0.29) is 12.5 Å². The van der Waals surface area contributed by atoms with Crippen LogP contribution >= 0.6 is 0 Å². The van der Waals surface area contributed by atoms with Crippen LogP contribution < -0.4 is 14.4 Å². The topological polar surface area (TPSA) is 75.7 Å². The second kappa shape index (κ2) is 8.00. The van der Waals surface area contributed by atoms with Gasteiger partial charge in [-0.2, -0.15) is 0 Å². The van der Waals surface area contributed by atoms with Crippen LogP contribution in [0.1, 0.15) is 24.0 Å². The Labute approximate surface area is 160 Å². The summed E-state index contributed by atoms with van der Waals surface area (Å²) in [6, 6.07) is 12.7. The molecule has 2 aromatic carbocycles. The zero-order valence-corrected chi connectivity index (χ0v) is 16.4. The molecule has 1 N–H and O–H groups in total. The number of carbonyl (C=O) groups excluding carboxylic acids is 1. The molecule has 0 heterocycles. The second-order valence-electron chi connectivity index (χ2n) is 6.72. The van der Waals surface area contributed by atoms with E-state index in [1.165, 1.54) is 24.6 Å². The molecule has 0 saturated heterocycles. The van der Waals surface area contributed by atoms with Crippen LogP contribution in [0.4, 0.5) is 11.4 Å². The molecule has 27 heavy (non-hydrogen) atoms. The maximum Gasteiger partial charge on any atom is 0.262 e. The lowest BCUT2D eigenvalue weighted by atomic mass is 9.91. The van der Waals surface area contributed by atoms with Gasteiger partial charge in [-0.1, -0.05) is 18.2 Å². The standard InChI is InChI=1S/C20H24N2O4S/c1-22(27(2,24)25)17-10-6-9-16(13-17)21-20(23)14-26-19-12-5-8-15-7-3-4-11-18(15)19/h5-6,8-10,12-13H,3-4,7,11,14H2,1-2H3,(H,21,23). The van der Waals surface area contributed by atoms with E-state index in [4.69, 9.17) is 4.74 Å². The predicted molar refractivity (Wildman–Crippen MR) is 107 cm³/mol. The fourth-order valence-electron chi connectivity index (χ4n) is 3.19. The van der Waals surface area contributed by atoms with Gasteiger partial charge in [0, 0.05) is 12.7 Å². The molecule has 144 valence electrons. The van der Waals surface area contributed by atoms with Gasteiger partial charge in [0.15, 0.2) is 6.61 Å². The third kappa shape index (κ3) is 4.80. The summed E-state index contributed by atoms with van der Waals surface area (Å²) in [6.07, 6.45) is 5.49. The summed E-state index contributed by atoms with van der Waals surface area (Å²) < 4.78 is 30.2. The molecule has 0 aliphatic heterocycles. The highest BCUT2D eigenvalue weighted by molar-refractivity contribution is 7.92. The maximum atomic E-state index is 12.3. The molecule has 1 aliphatic rings. The molecule has 7 heteroatoms. The highest BCUT2D eigenvalue weighted by Crippen LogP contribution is 2.29. The van der Waals surface area contributed by atoms with Crippen LogP contribution in [0.2, 0.25) is 0 Å². The molecule has 0 spiro atoms. The monoisotopic (exact) mass is 388 g/mol. The Bertz CT molecular complexity index is 941. The number of sulfonamides is 1. The van der Waals surface area contributed by atoms with E-state index in [2.05, 4.69) is 11.4 Å². The van der Waals surface area contributed by atoms with Crippen molar-refractivity contribution in [3.05, 3.63) is 53.6 Å². The van der Waals surface area contributed by atoms with Crippen molar-refractivity contribution >= 4 is 27.3 Å². The highest BCUT2D eigenvalue weighted by atomic mass is 32.2. The molecular weight excluding hydrogens is 364 g/mol. The normalized spacial score (nSPS) is 13.6. The van der Waals surface area contributed by atoms with Crippen molar-refractivity contribution in [2.24, 2.45) is 0 Å². The number of anilines is 2. The van der Waals surface area contributed by atoms with Crippen molar-refractivity contribution in [1.29, 1.82) is 0 Å². The lowest BCUT2D eigenvalue weighted by Crippen LogP contribution is -2.25. The number of fused-ring (bicyclic) bond motifs is 1. The van der Waals surface area contributed by atoms with E-state index in [9.17, 15) is 13.2 Å². The summed E-state index contributed by atoms with van der Waals surface area (Å²) >= 11 is 0. The Hall–Kier alpha value is -2.54. The van der Waals surface area contributed by atoms with Gasteiger partial charge in [-0.3, -0.25) is 9.10 Å². The first kappa shape index (κ1) is 19.2. The SMILES string of the molecule is CN(c1cccc(NC(=O)COc2cccc3c2CCCC3)c1)S(C)(=O)=O. The Morgan fingerprint density at radius 1 is 1.15 bits per heavy atom. The summed E-state index contributed by atoms with van der Waals surface area (Å²) in [4.78, 5) is 12.3. The minimum absolute atomic E-state index is 0.0946. The first-order chi connectivity index (χ1) is 12.8. The molecule has 1 aliphatic carbocycles. The summed E-state index contributed by atoms with van der Waals surface area (Å²) in [6.45, 7) is -0.0946. The zero-order chi connectivity index (χ0) is 19.4. The van der Waals surface area contributed by atoms with Crippen molar-refractivity contribution in [2.45, 2.75) is 25.7 Å². The van der Waals surface area contributed by atoms with Gasteiger partial charge in [-0.15, -0.1) is 0 Å². The van der Waals surface area contributed by atoms with Crippen molar-refractivity contribution in [3.63, 3.8) is 0 Å². The van der Waals surface area contributed by atoms with Gasteiger partial charge in [0.25, 0.3) is 5.91 Å². The second-order valence-corrected chi connectivity index (χ2v) is 8.73. The summed E-state index contributed by atoms with van der Waals surface area (Å²) in [7, 11) is -1.89. The Morgan fingerprint density at radius 2 is 1.89 bits per heavy atom. The Morgan fingerprint density at radius 3 is 2.67 bits per heavy atom. The molecule has 0 fully saturated rings. The molecular formula is C20H24N2O4S. The molecule has 0 radical (unpaired) electrons. The van der Waals surface area contributed by atoms with Crippen LogP contribution in [-0.4, -0.2) is 34.2 Å². The van der Waals surface area contributed by atoms with Gasteiger partial charge < -0.3 is 10.1 Å². The number of amides is 1. The van der Waals surface area contributed by atoms with Gasteiger partial charge in [0.2, 0.25) is 10.0 Å². The highest BCUT2D eigenvalue weighted by Gasteiger charge is 2.15. The first-order valence-electron chi connectivity index (χ1n) is 8.92. The van der Waals surface area contributed by atoms with Gasteiger partial charge >= 0.3 is 0 Å². The molecule has 0 unspecified atom stereocenters. The molecule has 0 bridgehead atoms. The quantitative estimate of drug-likeness (QED) is 0.825. The number of carbonyl (C=O) groups is 1. The van der Waals surface area contributed by atoms with E-state index >= 15 is 0 Å². The minimum Gasteiger partial charge on any atom is -0.483 e. The number of benzene rings is 2. The Balaban J connectivity index is 1.64. The van der Waals surface area contributed by atoms with Crippen LogP contribution in [-0.2, 0) is 27.7 Å². The fraction of sp³-hybridized carbons (Fsp3) is 0.350. The van der Waals surface area contributed by atoms with E-state index in [1.807, 2.05) is 12.1 Å². The molecule has 2 aromatic rings. The molecule has 0 aromatic heterocycles. The molecule has 0 atom stereocenters. The van der Waals surface area contributed by atoms with E-state index in [0.29, 0.717) is 11.4 Å². The Kier molecular flexibility index (Phi) is 5.70. The van der Waals surface area contributed by atoms with Crippen LogP contribution in [0.5, 0.6) is 5.75 Å². The average molecular weight is 388 g/mol. The summed E-state index contributed by atoms with van der Waals surface area (Å²) in [5, 5.41) is 2.75. The van der Waals surface area contributed by atoms with Crippen molar-refractivity contribution in [3.8, 4) is 5.75 Å². The van der Waals surface area contributed by atoms with Gasteiger partial charge in [0.05, 0.1) is 11.9 Å². The minimum atomic E-state index is -3.36. The molecule has 3 rings (SSSR count). The van der Waals surface area contributed by atoms with Gasteiger partial charge in [0.1, 0.15) is 5.75 Å². The smallest absolute Gasteiger partial charge is 0.262 e. The van der Waals surface area contributed by atoms with E-state index in [0.717, 1.165) is 35.6 Å². The number of ether oxygens (including phenoxy) is 1. The number of nitrogens with zero attached hydrogens (tertiary/aromatic N) is 1. The van der Waals surface area contributed by atoms with Crippen LogP contribution in [0, 0.1) is 0 Å². The van der Waals surface area contributed by atoms with Crippen molar-refractivity contribution in [2.75, 3.05) is 29.5 Å². The lowest BCUT2D eigenvalue weighted by molar-refractivity contribution is -0.118. The average Bonchev–Trinajstić information content (AvgIpc) is 2.65. The number of aryl methyl sites for hydroxylation is 1. The van der Waals surface area contributed by atoms with Crippen molar-refractivity contribution in [1.82, 2.24) is 0 Å². The largest absolute Gasteiger partial charge is 0.483 e. The number of hydrogen-bond acceptors (Lipinski definition) is 4. The summed E-state index contributed by atoms with van der Waals surface area (Å²) in [5.41, 5.74) is 3.50. The van der Waals surface area contributed by atoms with E-state index < -0.39 is 10.0 Å². The number of hydrogen-bond donors (Lipinski definition) is 1. The fourth-order valence-corrected chi connectivity index (χ4v) is 3.69. The zero-order valence-electron chi connectivity index (χ0n) is 15.6. The molecule has 1 amide bonds. The first-order valence-corrected chi connectivity index (χ1v) is 10.8. The molecule has 6 nitrogen and oxygen atoms in total. The number of nitrogens with one attached hydrogen (secondary N) is 1. The number of rotatable bonds is 6. The predicted octanol–water partition coefficient (Wildman–Crippen LogP) is 2.98. The van der Waals surface area contributed by atoms with E-state index in [1.54, 1.807) is 24.3 Å². The van der Waals surface area contributed by atoms with Gasteiger partial charge in [-0.05, 0) is 61.1 Å². The van der Waals surface area contributed by atoms with Crippen molar-refractivity contribution < 1.29 is 17.9 Å². The maximum absolute atomic E-state index is 12.3. The van der Waals surface area contributed by atoms with Crippen LogP contribution in [0.25, 0.3) is 0 Å². The van der Waals surface area contributed by atoms with Crippen LogP contribution in [0.3, 0.4) is 0 Å². The lowest BCUT2D eigenvalue weighted by Gasteiger charge is -2.19. The van der Waals surface area contributed by atoms with Gasteiger partial charge in [-0.25, -0.2) is 8.42 Å². The third-order valence-corrected chi connectivity index (χ3v) is 5.91. The third-order valence-electron chi connectivity index (χ3n) is 4.70.